The highest BCUT2D eigenvalue weighted by molar-refractivity contribution is 6.21. The van der Waals surface area contributed by atoms with E-state index in [0.717, 1.165) is 37.0 Å². The minimum Gasteiger partial charge on any atom is -0.497 e. The predicted octanol–water partition coefficient (Wildman–Crippen LogP) is 3.29. The fourth-order valence-corrected chi connectivity index (χ4v) is 2.99. The molecular formula is C16H22ClNO2. The van der Waals surface area contributed by atoms with Gasteiger partial charge in [0, 0.05) is 6.04 Å². The standard InChI is InChI=1S/C16H22ClNO2/c1-20-13-7-5-6-12(10-13)11-16(19)18-15-9-4-2-3-8-14(15)17/h5-7,10,14-15H,2-4,8-9,11H2,1H3,(H,18,19). The van der Waals surface area contributed by atoms with Crippen LogP contribution in [-0.2, 0) is 11.2 Å². The van der Waals surface area contributed by atoms with Crippen molar-refractivity contribution in [3.05, 3.63) is 29.8 Å². The maximum atomic E-state index is 12.1. The number of carbonyl (C=O) groups is 1. The highest BCUT2D eigenvalue weighted by Crippen LogP contribution is 2.22. The molecule has 1 saturated carbocycles. The molecule has 2 rings (SSSR count). The Morgan fingerprint density at radius 2 is 2.15 bits per heavy atom. The lowest BCUT2D eigenvalue weighted by Gasteiger charge is -2.21. The molecule has 20 heavy (non-hydrogen) atoms. The first-order chi connectivity index (χ1) is 9.69. The number of nitrogens with one attached hydrogen (secondary N) is 1. The molecule has 1 amide bonds. The Hall–Kier alpha value is -1.22. The van der Waals surface area contributed by atoms with Crippen LogP contribution in [0.3, 0.4) is 0 Å². The zero-order valence-corrected chi connectivity index (χ0v) is 12.7. The lowest BCUT2D eigenvalue weighted by molar-refractivity contribution is -0.121. The van der Waals surface area contributed by atoms with Gasteiger partial charge in [0.05, 0.1) is 18.9 Å². The number of carbonyl (C=O) groups excluding carboxylic acids is 1. The molecule has 1 N–H and O–H groups in total. The smallest absolute Gasteiger partial charge is 0.224 e. The van der Waals surface area contributed by atoms with E-state index in [1.807, 2.05) is 24.3 Å². The molecule has 0 aliphatic heterocycles. The third kappa shape index (κ3) is 4.41. The number of alkyl halides is 1. The molecule has 1 fully saturated rings. The Labute approximate surface area is 125 Å². The quantitative estimate of drug-likeness (QED) is 0.684. The van der Waals surface area contributed by atoms with E-state index in [9.17, 15) is 4.79 Å². The molecule has 0 radical (unpaired) electrons. The summed E-state index contributed by atoms with van der Waals surface area (Å²) in [6, 6.07) is 7.72. The number of amides is 1. The van der Waals surface area contributed by atoms with Crippen molar-refractivity contribution in [3.8, 4) is 5.75 Å². The topological polar surface area (TPSA) is 38.3 Å². The van der Waals surface area contributed by atoms with Gasteiger partial charge in [-0.25, -0.2) is 0 Å². The molecule has 2 unspecified atom stereocenters. The van der Waals surface area contributed by atoms with Crippen LogP contribution in [0.5, 0.6) is 5.75 Å². The van der Waals surface area contributed by atoms with Gasteiger partial charge in [0.2, 0.25) is 5.91 Å². The van der Waals surface area contributed by atoms with Crippen molar-refractivity contribution in [1.82, 2.24) is 5.32 Å². The fraction of sp³-hybridized carbons (Fsp3) is 0.562. The number of hydrogen-bond donors (Lipinski definition) is 1. The Balaban J connectivity index is 1.90. The fourth-order valence-electron chi connectivity index (χ4n) is 2.65. The van der Waals surface area contributed by atoms with Crippen molar-refractivity contribution in [1.29, 1.82) is 0 Å². The Morgan fingerprint density at radius 1 is 1.35 bits per heavy atom. The zero-order valence-electron chi connectivity index (χ0n) is 11.9. The molecule has 1 aromatic rings. The average Bonchev–Trinajstić information content (AvgIpc) is 2.64. The van der Waals surface area contributed by atoms with Crippen LogP contribution in [0.1, 0.15) is 37.7 Å². The van der Waals surface area contributed by atoms with E-state index in [1.165, 1.54) is 6.42 Å². The van der Waals surface area contributed by atoms with Gasteiger partial charge in [0.15, 0.2) is 0 Å². The molecule has 4 heteroatoms. The second kappa shape index (κ2) is 7.53. The second-order valence-electron chi connectivity index (χ2n) is 5.36. The summed E-state index contributed by atoms with van der Waals surface area (Å²) >= 11 is 6.35. The van der Waals surface area contributed by atoms with Gasteiger partial charge in [-0.15, -0.1) is 11.6 Å². The Kier molecular flexibility index (Phi) is 5.72. The lowest BCUT2D eigenvalue weighted by atomic mass is 10.1. The van der Waals surface area contributed by atoms with Crippen molar-refractivity contribution >= 4 is 17.5 Å². The minimum atomic E-state index is 0.0378. The van der Waals surface area contributed by atoms with Crippen molar-refractivity contribution in [3.63, 3.8) is 0 Å². The number of rotatable bonds is 4. The van der Waals surface area contributed by atoms with Gasteiger partial charge in [-0.05, 0) is 30.5 Å². The summed E-state index contributed by atoms with van der Waals surface area (Å²) < 4.78 is 5.17. The van der Waals surface area contributed by atoms with Gasteiger partial charge < -0.3 is 10.1 Å². The minimum absolute atomic E-state index is 0.0378. The van der Waals surface area contributed by atoms with Crippen molar-refractivity contribution in [2.45, 2.75) is 49.9 Å². The van der Waals surface area contributed by atoms with Crippen LogP contribution in [-0.4, -0.2) is 24.4 Å². The maximum Gasteiger partial charge on any atom is 0.224 e. The second-order valence-corrected chi connectivity index (χ2v) is 5.92. The summed E-state index contributed by atoms with van der Waals surface area (Å²) in [6.45, 7) is 0. The highest BCUT2D eigenvalue weighted by Gasteiger charge is 2.23. The van der Waals surface area contributed by atoms with E-state index in [0.29, 0.717) is 6.42 Å². The van der Waals surface area contributed by atoms with E-state index in [-0.39, 0.29) is 17.3 Å². The summed E-state index contributed by atoms with van der Waals surface area (Å²) in [6.07, 6.45) is 5.87. The SMILES string of the molecule is COc1cccc(CC(=O)NC2CCCCCC2Cl)c1. The molecule has 0 bridgehead atoms. The van der Waals surface area contributed by atoms with Crippen LogP contribution in [0.25, 0.3) is 0 Å². The van der Waals surface area contributed by atoms with Gasteiger partial charge in [-0.3, -0.25) is 4.79 Å². The van der Waals surface area contributed by atoms with E-state index in [2.05, 4.69) is 5.32 Å². The molecule has 1 aliphatic rings. The predicted molar refractivity (Wildman–Crippen MR) is 81.4 cm³/mol. The molecular weight excluding hydrogens is 274 g/mol. The van der Waals surface area contributed by atoms with Crippen molar-refractivity contribution < 1.29 is 9.53 Å². The third-order valence-corrected chi connectivity index (χ3v) is 4.30. The summed E-state index contributed by atoms with van der Waals surface area (Å²) in [5.74, 6) is 0.816. The van der Waals surface area contributed by atoms with Crippen molar-refractivity contribution in [2.75, 3.05) is 7.11 Å². The van der Waals surface area contributed by atoms with Crippen molar-refractivity contribution in [2.24, 2.45) is 0 Å². The van der Waals surface area contributed by atoms with Gasteiger partial charge >= 0.3 is 0 Å². The van der Waals surface area contributed by atoms with Crippen LogP contribution >= 0.6 is 11.6 Å². The molecule has 1 aliphatic carbocycles. The van der Waals surface area contributed by atoms with Crippen LogP contribution in [0.2, 0.25) is 0 Å². The van der Waals surface area contributed by atoms with Gasteiger partial charge in [-0.2, -0.15) is 0 Å². The number of benzene rings is 1. The van der Waals surface area contributed by atoms with Gasteiger partial charge in [-0.1, -0.05) is 31.4 Å². The first kappa shape index (κ1) is 15.2. The van der Waals surface area contributed by atoms with E-state index in [4.69, 9.17) is 16.3 Å². The van der Waals surface area contributed by atoms with E-state index < -0.39 is 0 Å². The van der Waals surface area contributed by atoms with Gasteiger partial charge in [0.1, 0.15) is 5.75 Å². The summed E-state index contributed by atoms with van der Waals surface area (Å²) in [7, 11) is 1.63. The zero-order chi connectivity index (χ0) is 14.4. The molecule has 0 saturated heterocycles. The normalized spacial score (nSPS) is 22.9. The number of methoxy groups -OCH3 is 1. The average molecular weight is 296 g/mol. The molecule has 3 nitrogen and oxygen atoms in total. The molecule has 0 aromatic heterocycles. The van der Waals surface area contributed by atoms with Crippen LogP contribution < -0.4 is 10.1 Å². The first-order valence-electron chi connectivity index (χ1n) is 7.25. The molecule has 0 heterocycles. The molecule has 2 atom stereocenters. The monoisotopic (exact) mass is 295 g/mol. The Bertz CT molecular complexity index is 450. The van der Waals surface area contributed by atoms with E-state index in [1.54, 1.807) is 7.11 Å². The largest absolute Gasteiger partial charge is 0.497 e. The Morgan fingerprint density at radius 3 is 2.95 bits per heavy atom. The molecule has 110 valence electrons. The van der Waals surface area contributed by atoms with Crippen LogP contribution in [0, 0.1) is 0 Å². The van der Waals surface area contributed by atoms with Crippen LogP contribution in [0.15, 0.2) is 24.3 Å². The number of ether oxygens (including phenoxy) is 1. The number of halogens is 1. The van der Waals surface area contributed by atoms with Crippen LogP contribution in [0.4, 0.5) is 0 Å². The molecule has 0 spiro atoms. The maximum absolute atomic E-state index is 12.1. The third-order valence-electron chi connectivity index (χ3n) is 3.78. The van der Waals surface area contributed by atoms with E-state index >= 15 is 0 Å². The van der Waals surface area contributed by atoms with Gasteiger partial charge in [0.25, 0.3) is 0 Å². The summed E-state index contributed by atoms with van der Waals surface area (Å²) in [4.78, 5) is 12.1. The lowest BCUT2D eigenvalue weighted by Crippen LogP contribution is -2.41. The first-order valence-corrected chi connectivity index (χ1v) is 7.69. The summed E-state index contributed by atoms with van der Waals surface area (Å²) in [5, 5.41) is 3.14. The number of hydrogen-bond acceptors (Lipinski definition) is 2. The highest BCUT2D eigenvalue weighted by atomic mass is 35.5. The molecule has 1 aromatic carbocycles. The summed E-state index contributed by atoms with van der Waals surface area (Å²) in [5.41, 5.74) is 0.960.